The van der Waals surface area contributed by atoms with Gasteiger partial charge in [0.25, 0.3) is 0 Å². The third kappa shape index (κ3) is 3.35. The summed E-state index contributed by atoms with van der Waals surface area (Å²) >= 11 is 0. The Morgan fingerprint density at radius 2 is 2.21 bits per heavy atom. The number of hydrogen-bond acceptors (Lipinski definition) is 5. The zero-order chi connectivity index (χ0) is 14.4. The van der Waals surface area contributed by atoms with Gasteiger partial charge in [-0.25, -0.2) is 9.18 Å². The normalized spacial score (nSPS) is 9.32. The first-order valence-electron chi connectivity index (χ1n) is 5.20. The number of benzene rings is 1. The van der Waals surface area contributed by atoms with E-state index in [1.807, 2.05) is 0 Å². The molecule has 19 heavy (non-hydrogen) atoms. The number of aldehydes is 1. The van der Waals surface area contributed by atoms with Crippen LogP contribution < -0.4 is 5.32 Å². The Morgan fingerprint density at radius 1 is 1.53 bits per heavy atom. The Hall–Kier alpha value is -2.75. The molecule has 98 valence electrons. The minimum Gasteiger partial charge on any atom is -0.450 e. The standard InChI is InChI=1S/C12H9FN2O4/c1-2-19-12(18)15-11-8(5-14)3-7(4-9(11)13)10(17)6-16/h3-4,6H,2H2,1H3,(H,15,18). The molecule has 0 saturated heterocycles. The van der Waals surface area contributed by atoms with Gasteiger partial charge < -0.3 is 4.74 Å². The lowest BCUT2D eigenvalue weighted by molar-refractivity contribution is -0.104. The Bertz CT molecular complexity index is 578. The highest BCUT2D eigenvalue weighted by molar-refractivity contribution is 6.33. The average Bonchev–Trinajstić information content (AvgIpc) is 2.40. The van der Waals surface area contributed by atoms with E-state index in [9.17, 15) is 18.8 Å². The first-order chi connectivity index (χ1) is 9.03. The smallest absolute Gasteiger partial charge is 0.411 e. The van der Waals surface area contributed by atoms with Crippen LogP contribution in [0.3, 0.4) is 0 Å². The first-order valence-corrected chi connectivity index (χ1v) is 5.20. The van der Waals surface area contributed by atoms with Crippen molar-refractivity contribution in [2.45, 2.75) is 6.92 Å². The van der Waals surface area contributed by atoms with Crippen LogP contribution in [0.15, 0.2) is 12.1 Å². The minimum absolute atomic E-state index is 0.00831. The molecule has 6 nitrogen and oxygen atoms in total. The van der Waals surface area contributed by atoms with Gasteiger partial charge in [0.15, 0.2) is 6.29 Å². The summed E-state index contributed by atoms with van der Waals surface area (Å²) in [5.41, 5.74) is -0.944. The number of rotatable bonds is 4. The van der Waals surface area contributed by atoms with Crippen LogP contribution in [0, 0.1) is 17.1 Å². The Balaban J connectivity index is 3.20. The van der Waals surface area contributed by atoms with Crippen LogP contribution in [0.25, 0.3) is 0 Å². The van der Waals surface area contributed by atoms with Crippen LogP contribution in [-0.2, 0) is 9.53 Å². The second-order valence-electron chi connectivity index (χ2n) is 3.32. The van der Waals surface area contributed by atoms with Crippen molar-refractivity contribution in [3.63, 3.8) is 0 Å². The van der Waals surface area contributed by atoms with E-state index in [4.69, 9.17) is 5.26 Å². The fraction of sp³-hybridized carbons (Fsp3) is 0.167. The van der Waals surface area contributed by atoms with Crippen LogP contribution >= 0.6 is 0 Å². The van der Waals surface area contributed by atoms with Crippen molar-refractivity contribution in [2.24, 2.45) is 0 Å². The van der Waals surface area contributed by atoms with Crippen LogP contribution in [0.1, 0.15) is 22.8 Å². The summed E-state index contributed by atoms with van der Waals surface area (Å²) < 4.78 is 18.3. The number of carbonyl (C=O) groups is 3. The maximum Gasteiger partial charge on any atom is 0.411 e. The summed E-state index contributed by atoms with van der Waals surface area (Å²) in [6.45, 7) is 1.64. The van der Waals surface area contributed by atoms with Gasteiger partial charge in [-0.05, 0) is 19.1 Å². The molecule has 0 radical (unpaired) electrons. The zero-order valence-electron chi connectivity index (χ0n) is 9.90. The predicted octanol–water partition coefficient (Wildman–Crippen LogP) is 1.65. The van der Waals surface area contributed by atoms with Gasteiger partial charge in [-0.2, -0.15) is 5.26 Å². The second-order valence-corrected chi connectivity index (χ2v) is 3.32. The summed E-state index contributed by atoms with van der Waals surface area (Å²) in [6, 6.07) is 3.40. The number of ketones is 1. The van der Waals surface area contributed by atoms with E-state index in [1.54, 1.807) is 13.0 Å². The number of nitrogens with one attached hydrogen (secondary N) is 1. The van der Waals surface area contributed by atoms with Crippen molar-refractivity contribution in [2.75, 3.05) is 11.9 Å². The fourth-order valence-corrected chi connectivity index (χ4v) is 1.30. The van der Waals surface area contributed by atoms with Crippen LogP contribution in [0.4, 0.5) is 14.9 Å². The monoisotopic (exact) mass is 264 g/mol. The van der Waals surface area contributed by atoms with Gasteiger partial charge >= 0.3 is 6.09 Å². The molecule has 1 aromatic carbocycles. The molecule has 0 bridgehead atoms. The largest absolute Gasteiger partial charge is 0.450 e. The van der Waals surface area contributed by atoms with E-state index in [0.717, 1.165) is 12.1 Å². The van der Waals surface area contributed by atoms with E-state index in [0.29, 0.717) is 0 Å². The molecule has 0 spiro atoms. The number of amides is 1. The second kappa shape index (κ2) is 6.26. The molecule has 0 atom stereocenters. The molecule has 7 heteroatoms. The molecular weight excluding hydrogens is 255 g/mol. The quantitative estimate of drug-likeness (QED) is 0.506. The van der Waals surface area contributed by atoms with Gasteiger partial charge in [0.1, 0.15) is 11.9 Å². The molecule has 0 heterocycles. The predicted molar refractivity (Wildman–Crippen MR) is 62.2 cm³/mol. The number of nitriles is 1. The fourth-order valence-electron chi connectivity index (χ4n) is 1.30. The summed E-state index contributed by atoms with van der Waals surface area (Å²) in [5.74, 6) is -1.96. The van der Waals surface area contributed by atoms with Crippen molar-refractivity contribution in [3.05, 3.63) is 29.1 Å². The number of nitrogens with zero attached hydrogens (tertiary/aromatic N) is 1. The molecule has 0 unspecified atom stereocenters. The molecule has 0 aliphatic carbocycles. The van der Waals surface area contributed by atoms with Gasteiger partial charge in [0.2, 0.25) is 5.78 Å². The molecule has 1 amide bonds. The van der Waals surface area contributed by atoms with E-state index < -0.39 is 23.4 Å². The van der Waals surface area contributed by atoms with Crippen molar-refractivity contribution < 1.29 is 23.5 Å². The van der Waals surface area contributed by atoms with Gasteiger partial charge in [0.05, 0.1) is 17.9 Å². The van der Waals surface area contributed by atoms with Crippen molar-refractivity contribution in [1.82, 2.24) is 0 Å². The topological polar surface area (TPSA) is 96.3 Å². The molecule has 1 N–H and O–H groups in total. The SMILES string of the molecule is CCOC(=O)Nc1c(F)cc(C(=O)C=O)cc1C#N. The van der Waals surface area contributed by atoms with Crippen molar-refractivity contribution in [1.29, 1.82) is 5.26 Å². The number of ether oxygens (including phenoxy) is 1. The lowest BCUT2D eigenvalue weighted by atomic mass is 10.1. The van der Waals surface area contributed by atoms with Crippen LogP contribution in [0.2, 0.25) is 0 Å². The van der Waals surface area contributed by atoms with Gasteiger partial charge in [-0.3, -0.25) is 14.9 Å². The van der Waals surface area contributed by atoms with E-state index in [1.165, 1.54) is 0 Å². The van der Waals surface area contributed by atoms with E-state index >= 15 is 0 Å². The molecule has 0 aromatic heterocycles. The molecule has 0 saturated carbocycles. The summed E-state index contributed by atoms with van der Waals surface area (Å²) in [5, 5.41) is 10.9. The van der Waals surface area contributed by atoms with Gasteiger partial charge in [-0.15, -0.1) is 0 Å². The number of hydrogen-bond donors (Lipinski definition) is 1. The molecule has 1 rings (SSSR count). The third-order valence-electron chi connectivity index (χ3n) is 2.10. The molecule has 0 aliphatic rings. The lowest BCUT2D eigenvalue weighted by Gasteiger charge is -2.09. The Kier molecular flexibility index (Phi) is 4.71. The highest BCUT2D eigenvalue weighted by atomic mass is 19.1. The Labute approximate surface area is 107 Å². The molecular formula is C12H9FN2O4. The van der Waals surface area contributed by atoms with Gasteiger partial charge in [0, 0.05) is 5.56 Å². The molecule has 0 fully saturated rings. The zero-order valence-corrected chi connectivity index (χ0v) is 9.90. The average molecular weight is 264 g/mol. The molecule has 1 aromatic rings. The highest BCUT2D eigenvalue weighted by Crippen LogP contribution is 2.22. The van der Waals surface area contributed by atoms with Crippen molar-refractivity contribution in [3.8, 4) is 6.07 Å². The molecule has 0 aliphatic heterocycles. The number of anilines is 1. The first kappa shape index (κ1) is 14.3. The number of Topliss-reactive ketones (excluding diaryl/α,β-unsaturated/α-hetero) is 1. The van der Waals surface area contributed by atoms with Gasteiger partial charge in [-0.1, -0.05) is 0 Å². The lowest BCUT2D eigenvalue weighted by Crippen LogP contribution is -2.16. The maximum absolute atomic E-state index is 13.7. The van der Waals surface area contributed by atoms with Crippen molar-refractivity contribution >= 4 is 23.9 Å². The van der Waals surface area contributed by atoms with Crippen LogP contribution in [0.5, 0.6) is 0 Å². The summed E-state index contributed by atoms with van der Waals surface area (Å²) in [4.78, 5) is 32.6. The minimum atomic E-state index is -1.00. The third-order valence-corrected chi connectivity index (χ3v) is 2.10. The number of halogens is 1. The van der Waals surface area contributed by atoms with Crippen LogP contribution in [-0.4, -0.2) is 24.8 Å². The summed E-state index contributed by atoms with van der Waals surface area (Å²) in [7, 11) is 0. The van der Waals surface area contributed by atoms with E-state index in [2.05, 4.69) is 10.1 Å². The summed E-state index contributed by atoms with van der Waals surface area (Å²) in [6.07, 6.45) is -0.915. The van der Waals surface area contributed by atoms with E-state index in [-0.39, 0.29) is 24.0 Å². The highest BCUT2D eigenvalue weighted by Gasteiger charge is 2.17. The Morgan fingerprint density at radius 3 is 2.74 bits per heavy atom. The number of carbonyl (C=O) groups excluding carboxylic acids is 3. The maximum atomic E-state index is 13.7.